The molecule has 2 aromatic carbocycles. The number of rotatable bonds is 6. The van der Waals surface area contributed by atoms with Crippen LogP contribution in [0.25, 0.3) is 11.1 Å². The van der Waals surface area contributed by atoms with E-state index in [1.54, 1.807) is 23.5 Å². The van der Waals surface area contributed by atoms with E-state index in [4.69, 9.17) is 12.2 Å². The maximum Gasteiger partial charge on any atom is 0.275 e. The fraction of sp³-hybridized carbons (Fsp3) is 0.269. The number of carbonyl (C=O) groups excluding carboxylic acids is 1. The lowest BCUT2D eigenvalue weighted by molar-refractivity contribution is 0.102. The molecule has 3 N–H and O–H groups in total. The Balaban J connectivity index is 1.38. The van der Waals surface area contributed by atoms with Crippen molar-refractivity contribution < 1.29 is 9.90 Å². The Bertz CT molecular complexity index is 1180. The average Bonchev–Trinajstić information content (AvgIpc) is 3.34. The van der Waals surface area contributed by atoms with Crippen LogP contribution in [-0.4, -0.2) is 45.6 Å². The minimum absolute atomic E-state index is 0.205. The van der Waals surface area contributed by atoms with Gasteiger partial charge in [-0.15, -0.1) is 11.3 Å². The first-order valence-electron chi connectivity index (χ1n) is 11.2. The zero-order chi connectivity index (χ0) is 24.1. The van der Waals surface area contributed by atoms with Crippen LogP contribution in [0.3, 0.4) is 0 Å². The second kappa shape index (κ2) is 10.8. The fourth-order valence-electron chi connectivity index (χ4n) is 3.92. The molecule has 0 aliphatic carbocycles. The molecule has 1 aromatic heterocycles. The van der Waals surface area contributed by atoms with Crippen molar-refractivity contribution in [1.82, 2.24) is 15.2 Å². The second-order valence-electron chi connectivity index (χ2n) is 8.49. The Morgan fingerprint density at radius 1 is 1.21 bits per heavy atom. The molecule has 0 unspecified atom stereocenters. The number of carbonyl (C=O) groups is 1. The minimum Gasteiger partial charge on any atom is -0.508 e. The number of nitrogens with one attached hydrogen (secondary N) is 2. The smallest absolute Gasteiger partial charge is 0.275 e. The van der Waals surface area contributed by atoms with Crippen molar-refractivity contribution in [2.75, 3.05) is 25.0 Å². The number of amides is 1. The molecule has 8 heteroatoms. The van der Waals surface area contributed by atoms with Gasteiger partial charge in [0.15, 0.2) is 5.11 Å². The number of nitrogens with zero attached hydrogens (tertiary/aromatic N) is 2. The highest BCUT2D eigenvalue weighted by Gasteiger charge is 2.25. The third kappa shape index (κ3) is 5.81. The van der Waals surface area contributed by atoms with Crippen LogP contribution in [0.5, 0.6) is 5.75 Å². The molecule has 1 amide bonds. The van der Waals surface area contributed by atoms with Crippen LogP contribution in [0.2, 0.25) is 0 Å². The van der Waals surface area contributed by atoms with Gasteiger partial charge in [-0.25, -0.2) is 4.98 Å². The van der Waals surface area contributed by atoms with Gasteiger partial charge in [0.2, 0.25) is 0 Å². The number of benzene rings is 2. The number of phenolic OH excluding ortho intramolecular Hbond substituents is 1. The Hall–Kier alpha value is -3.23. The highest BCUT2D eigenvalue weighted by atomic mass is 32.1. The molecule has 0 atom stereocenters. The summed E-state index contributed by atoms with van der Waals surface area (Å²) in [6, 6.07) is 14.5. The van der Waals surface area contributed by atoms with E-state index in [9.17, 15) is 9.90 Å². The molecule has 176 valence electrons. The normalized spacial score (nSPS) is 14.0. The van der Waals surface area contributed by atoms with Crippen LogP contribution < -0.4 is 10.6 Å². The minimum atomic E-state index is -0.226. The van der Waals surface area contributed by atoms with Crippen molar-refractivity contribution in [2.45, 2.75) is 25.7 Å². The molecule has 3 aromatic rings. The van der Waals surface area contributed by atoms with Gasteiger partial charge in [0.25, 0.3) is 5.91 Å². The summed E-state index contributed by atoms with van der Waals surface area (Å²) >= 11 is 7.04. The van der Waals surface area contributed by atoms with Crippen molar-refractivity contribution >= 4 is 40.3 Å². The van der Waals surface area contributed by atoms with Crippen LogP contribution in [0.15, 0.2) is 66.1 Å². The molecule has 0 spiro atoms. The lowest BCUT2D eigenvalue weighted by Gasteiger charge is -2.33. The van der Waals surface area contributed by atoms with E-state index in [0.29, 0.717) is 23.8 Å². The Labute approximate surface area is 209 Å². The summed E-state index contributed by atoms with van der Waals surface area (Å²) in [5.74, 6) is 0.309. The fourth-order valence-corrected chi connectivity index (χ4v) is 5.14. The number of phenols is 1. The largest absolute Gasteiger partial charge is 0.508 e. The zero-order valence-corrected chi connectivity index (χ0v) is 20.7. The van der Waals surface area contributed by atoms with Gasteiger partial charge in [-0.1, -0.05) is 42.5 Å². The molecular weight excluding hydrogens is 464 g/mol. The first-order valence-corrected chi connectivity index (χ1v) is 12.5. The van der Waals surface area contributed by atoms with Gasteiger partial charge < -0.3 is 20.6 Å². The Kier molecular flexibility index (Phi) is 7.59. The molecule has 2 heterocycles. The summed E-state index contributed by atoms with van der Waals surface area (Å²) in [4.78, 5) is 19.8. The molecule has 34 heavy (non-hydrogen) atoms. The first kappa shape index (κ1) is 23.9. The van der Waals surface area contributed by atoms with Crippen molar-refractivity contribution in [1.29, 1.82) is 0 Å². The zero-order valence-electron chi connectivity index (χ0n) is 19.1. The predicted octanol–water partition coefficient (Wildman–Crippen LogP) is 5.40. The van der Waals surface area contributed by atoms with E-state index < -0.39 is 0 Å². The van der Waals surface area contributed by atoms with Gasteiger partial charge >= 0.3 is 0 Å². The van der Waals surface area contributed by atoms with E-state index >= 15 is 0 Å². The standard InChI is InChI=1S/C26H28N4O2S2/c1-17(2)15-27-26(33)30-13-11-19(12-14-30)25-29-23(16-34-25)24(32)28-22-6-4-3-5-21(22)18-7-9-20(31)10-8-18/h3-10,16,19,31H,1,11-15H2,2H3,(H,27,33)(H,28,32). The summed E-state index contributed by atoms with van der Waals surface area (Å²) in [5, 5.41) is 19.4. The van der Waals surface area contributed by atoms with E-state index in [0.717, 1.165) is 52.8 Å². The van der Waals surface area contributed by atoms with E-state index in [2.05, 4.69) is 27.1 Å². The molecular formula is C26H28N4O2S2. The van der Waals surface area contributed by atoms with Crippen LogP contribution in [-0.2, 0) is 0 Å². The third-order valence-electron chi connectivity index (χ3n) is 5.78. The molecule has 4 rings (SSSR count). The average molecular weight is 493 g/mol. The van der Waals surface area contributed by atoms with Gasteiger partial charge in [-0.05, 0) is 55.7 Å². The molecule has 6 nitrogen and oxygen atoms in total. The topological polar surface area (TPSA) is 77.5 Å². The predicted molar refractivity (Wildman–Crippen MR) is 143 cm³/mol. The molecule has 1 fully saturated rings. The second-order valence-corrected chi connectivity index (χ2v) is 9.77. The van der Waals surface area contributed by atoms with Gasteiger partial charge in [-0.2, -0.15) is 0 Å². The monoisotopic (exact) mass is 492 g/mol. The SMILES string of the molecule is C=C(C)CNC(=S)N1CCC(c2nc(C(=O)Nc3ccccc3-c3ccc(O)cc3)cs2)CC1. The van der Waals surface area contributed by atoms with Crippen LogP contribution in [0, 0.1) is 0 Å². The summed E-state index contributed by atoms with van der Waals surface area (Å²) in [6.07, 6.45) is 1.90. The maximum atomic E-state index is 13.0. The summed E-state index contributed by atoms with van der Waals surface area (Å²) in [5.41, 5.74) is 3.99. The van der Waals surface area contributed by atoms with Crippen LogP contribution in [0.4, 0.5) is 5.69 Å². The van der Waals surface area contributed by atoms with Gasteiger partial charge in [0, 0.05) is 42.2 Å². The molecule has 1 aliphatic heterocycles. The summed E-state index contributed by atoms with van der Waals surface area (Å²) in [7, 11) is 0. The lowest BCUT2D eigenvalue weighted by Crippen LogP contribution is -2.44. The number of aromatic nitrogens is 1. The quantitative estimate of drug-likeness (QED) is 0.316. The summed E-state index contributed by atoms with van der Waals surface area (Å²) in [6.45, 7) is 8.31. The number of para-hydroxylation sites is 1. The lowest BCUT2D eigenvalue weighted by atomic mass is 9.98. The van der Waals surface area contributed by atoms with Crippen molar-refractivity contribution in [3.8, 4) is 16.9 Å². The number of anilines is 1. The Morgan fingerprint density at radius 3 is 2.62 bits per heavy atom. The third-order valence-corrected chi connectivity index (χ3v) is 7.19. The van der Waals surface area contributed by atoms with E-state index in [-0.39, 0.29) is 11.7 Å². The van der Waals surface area contributed by atoms with Gasteiger partial charge in [0.05, 0.1) is 5.01 Å². The van der Waals surface area contributed by atoms with Crippen molar-refractivity contribution in [3.05, 3.63) is 76.8 Å². The van der Waals surface area contributed by atoms with Gasteiger partial charge in [0.1, 0.15) is 11.4 Å². The first-order chi connectivity index (χ1) is 16.4. The van der Waals surface area contributed by atoms with Crippen LogP contribution >= 0.6 is 23.6 Å². The number of thiazole rings is 1. The summed E-state index contributed by atoms with van der Waals surface area (Å²) < 4.78 is 0. The number of likely N-dealkylation sites (tertiary alicyclic amines) is 1. The number of piperidine rings is 1. The number of hydrogen-bond donors (Lipinski definition) is 3. The Morgan fingerprint density at radius 2 is 1.91 bits per heavy atom. The highest BCUT2D eigenvalue weighted by Crippen LogP contribution is 2.32. The number of hydrogen-bond acceptors (Lipinski definition) is 5. The van der Waals surface area contributed by atoms with E-state index in [1.165, 1.54) is 0 Å². The number of aromatic hydroxyl groups is 1. The van der Waals surface area contributed by atoms with Crippen molar-refractivity contribution in [3.63, 3.8) is 0 Å². The molecule has 1 saturated heterocycles. The van der Waals surface area contributed by atoms with Crippen molar-refractivity contribution in [2.24, 2.45) is 0 Å². The van der Waals surface area contributed by atoms with Gasteiger partial charge in [-0.3, -0.25) is 4.79 Å². The maximum absolute atomic E-state index is 13.0. The van der Waals surface area contributed by atoms with Crippen LogP contribution in [0.1, 0.15) is 41.2 Å². The molecule has 0 saturated carbocycles. The number of thiocarbonyl (C=S) groups is 1. The molecule has 1 aliphatic rings. The van der Waals surface area contributed by atoms with E-state index in [1.807, 2.05) is 48.7 Å². The molecule has 0 radical (unpaired) electrons. The molecule has 0 bridgehead atoms. The highest BCUT2D eigenvalue weighted by molar-refractivity contribution is 7.80.